The smallest absolute Gasteiger partial charge is 0.296 e. The molecule has 1 aromatic heterocycles. The second kappa shape index (κ2) is 17.4. The average Bonchev–Trinajstić information content (AvgIpc) is 3.18. The van der Waals surface area contributed by atoms with E-state index < -0.39 is 67.7 Å². The minimum absolute atomic E-state index is 0.0116. The van der Waals surface area contributed by atoms with Crippen LogP contribution in [0.4, 0.5) is 28.7 Å². The fourth-order valence-corrected chi connectivity index (χ4v) is 7.65. The molecule has 306 valence electrons. The molecule has 19 nitrogen and oxygen atoms in total. The number of aromatic nitrogens is 3. The van der Waals surface area contributed by atoms with Gasteiger partial charge in [0.2, 0.25) is 22.4 Å². The van der Waals surface area contributed by atoms with Gasteiger partial charge in [-0.05, 0) is 84.6 Å². The van der Waals surface area contributed by atoms with Crippen LogP contribution in [-0.2, 0) is 25.0 Å². The summed E-state index contributed by atoms with van der Waals surface area (Å²) in [6, 6.07) is 17.1. The third kappa shape index (κ3) is 9.96. The van der Waals surface area contributed by atoms with Gasteiger partial charge in [-0.3, -0.25) is 39.7 Å². The topological polar surface area (TPSA) is 286 Å². The molecule has 0 bridgehead atoms. The number of halogens is 2. The van der Waals surface area contributed by atoms with Crippen molar-refractivity contribution in [2.75, 3.05) is 34.8 Å². The number of amides is 1. The molecular weight excluding hydrogens is 851 g/mol. The van der Waals surface area contributed by atoms with E-state index in [1.165, 1.54) is 30.3 Å². The number of benzene rings is 3. The van der Waals surface area contributed by atoms with Crippen molar-refractivity contribution in [3.63, 3.8) is 0 Å². The van der Waals surface area contributed by atoms with E-state index in [0.29, 0.717) is 24.7 Å². The maximum Gasteiger partial charge on any atom is 0.296 e. The van der Waals surface area contributed by atoms with Crippen molar-refractivity contribution in [3.8, 4) is 0 Å². The number of unbranched alkanes of at least 4 members (excludes halogenated alkanes) is 2. The summed E-state index contributed by atoms with van der Waals surface area (Å²) >= 11 is 11.4. The molecule has 1 amide bonds. The normalized spacial score (nSPS) is 12.1. The number of hydrazine groups is 2. The van der Waals surface area contributed by atoms with Crippen LogP contribution in [0, 0.1) is 15.8 Å². The number of hydrogen-bond donors (Lipinski definition) is 7. The van der Waals surface area contributed by atoms with Crippen molar-refractivity contribution in [2.45, 2.75) is 35.5 Å². The monoisotopic (exact) mass is 882 g/mol. The van der Waals surface area contributed by atoms with Gasteiger partial charge in [0.15, 0.2) is 10.9 Å². The fourth-order valence-electron chi connectivity index (χ4n) is 6.02. The Balaban J connectivity index is 1.13. The molecule has 1 heterocycles. The molecule has 0 fully saturated rings. The Morgan fingerprint density at radius 1 is 0.763 bits per heavy atom. The predicted molar refractivity (Wildman–Crippen MR) is 218 cm³/mol. The van der Waals surface area contributed by atoms with Crippen LogP contribution < -0.4 is 48.2 Å². The van der Waals surface area contributed by atoms with E-state index in [2.05, 4.69) is 41.6 Å². The Bertz CT molecular complexity index is 3110. The standard InChI is InChI=1S/C36H32Cl2N10O9S2/c1-48(16-6-2-3-9-28(49)46-47-36-42-34(37)41-35(38)43-36)21-13-10-19(11-14-21)44-45-20-12-15-24(26(17-20)58(52,53)54)40-25-18-27(59(55,56)57)31(39)30-29(25)32(50)22-7-4-5-8-23(22)33(30)51/h4-5,7-8,10-15,17-18,39,44-45H,2-3,6,9,16H2,1H3,(H,46,49)(H,52,53,54)(H,55,56,57)(H,41,42,43,47). The Morgan fingerprint density at radius 2 is 1.36 bits per heavy atom. The average molecular weight is 884 g/mol. The number of fused-ring (bicyclic) bond motifs is 1. The van der Waals surface area contributed by atoms with E-state index in [0.717, 1.165) is 30.7 Å². The van der Waals surface area contributed by atoms with E-state index in [9.17, 15) is 40.3 Å². The number of anilines is 4. The van der Waals surface area contributed by atoms with Crippen LogP contribution >= 0.6 is 23.2 Å². The summed E-state index contributed by atoms with van der Waals surface area (Å²) in [6.07, 6.45) is 2.48. The quantitative estimate of drug-likeness (QED) is 0.0442. The van der Waals surface area contributed by atoms with Crippen molar-refractivity contribution in [2.24, 2.45) is 4.99 Å². The molecule has 4 aromatic rings. The van der Waals surface area contributed by atoms with Gasteiger partial charge in [-0.1, -0.05) is 30.7 Å². The Morgan fingerprint density at radius 3 is 1.98 bits per heavy atom. The molecule has 59 heavy (non-hydrogen) atoms. The zero-order valence-electron chi connectivity index (χ0n) is 30.5. The highest BCUT2D eigenvalue weighted by atomic mass is 35.5. The van der Waals surface area contributed by atoms with Crippen molar-refractivity contribution < 1.29 is 30.7 Å². The SMILES string of the molecule is CN(CCCCCC(=O)NNc1nc(Cl)nc(Cl)n1)c1ccc(NNc2ccc(N=c3cc(S(=O)(=O)O)c(=N)c4c(=O)c5ccccc5c(=O)c3=4)c(S(=O)(=O)O)c2)cc1. The summed E-state index contributed by atoms with van der Waals surface area (Å²) < 4.78 is 69.7. The van der Waals surface area contributed by atoms with Gasteiger partial charge >= 0.3 is 0 Å². The number of rotatable bonds is 15. The van der Waals surface area contributed by atoms with Gasteiger partial charge in [-0.25, -0.2) is 4.99 Å². The lowest BCUT2D eigenvalue weighted by Crippen LogP contribution is -2.32. The van der Waals surface area contributed by atoms with Crippen LogP contribution in [0.2, 0.25) is 10.6 Å². The summed E-state index contributed by atoms with van der Waals surface area (Å²) in [5.74, 6) is -0.255. The van der Waals surface area contributed by atoms with Crippen molar-refractivity contribution in [3.05, 3.63) is 125 Å². The summed E-state index contributed by atoms with van der Waals surface area (Å²) in [7, 11) is -8.22. The molecule has 2 aliphatic rings. The Kier molecular flexibility index (Phi) is 12.5. The van der Waals surface area contributed by atoms with Crippen molar-refractivity contribution in [1.82, 2.24) is 20.4 Å². The molecule has 3 aromatic carbocycles. The summed E-state index contributed by atoms with van der Waals surface area (Å²) in [6.45, 7) is 0.702. The Labute approximate surface area is 344 Å². The highest BCUT2D eigenvalue weighted by Crippen LogP contribution is 2.28. The van der Waals surface area contributed by atoms with Crippen LogP contribution in [0.25, 0.3) is 10.8 Å². The van der Waals surface area contributed by atoms with Gasteiger partial charge in [0.05, 0.1) is 38.2 Å². The highest BCUT2D eigenvalue weighted by Gasteiger charge is 2.21. The number of carbonyl (C=O) groups excluding carboxylic acids is 1. The van der Waals surface area contributed by atoms with E-state index >= 15 is 0 Å². The van der Waals surface area contributed by atoms with Crippen LogP contribution in [0.5, 0.6) is 0 Å². The Hall–Kier alpha value is -6.10. The molecule has 0 saturated heterocycles. The van der Waals surface area contributed by atoms with Crippen molar-refractivity contribution in [1.29, 1.82) is 5.41 Å². The van der Waals surface area contributed by atoms with Gasteiger partial charge in [-0.15, -0.1) is 0 Å². The highest BCUT2D eigenvalue weighted by molar-refractivity contribution is 7.86. The molecule has 2 aliphatic carbocycles. The first kappa shape index (κ1) is 42.5. The maximum atomic E-state index is 13.6. The zero-order valence-corrected chi connectivity index (χ0v) is 33.7. The first-order valence-electron chi connectivity index (χ1n) is 17.3. The largest absolute Gasteiger partial charge is 0.375 e. The lowest BCUT2D eigenvalue weighted by Gasteiger charge is -2.20. The van der Waals surface area contributed by atoms with E-state index in [1.54, 1.807) is 12.1 Å². The number of carbonyl (C=O) groups is 1. The number of nitrogens with one attached hydrogen (secondary N) is 5. The lowest BCUT2D eigenvalue weighted by atomic mass is 10.0. The third-order valence-corrected chi connectivity index (χ3v) is 10.9. The van der Waals surface area contributed by atoms with Crippen LogP contribution in [0.3, 0.4) is 0 Å². The van der Waals surface area contributed by atoms with E-state index in [4.69, 9.17) is 28.6 Å². The molecule has 0 radical (unpaired) electrons. The molecule has 0 unspecified atom stereocenters. The minimum Gasteiger partial charge on any atom is -0.375 e. The minimum atomic E-state index is -5.13. The second-order valence-corrected chi connectivity index (χ2v) is 16.3. The fraction of sp³-hybridized carbons (Fsp3) is 0.167. The summed E-state index contributed by atoms with van der Waals surface area (Å²) in [4.78, 5) is 54.9. The van der Waals surface area contributed by atoms with Gasteiger partial charge in [0, 0.05) is 36.5 Å². The molecule has 6 rings (SSSR count). The molecular formula is C36H32Cl2N10O9S2. The molecule has 7 N–H and O–H groups in total. The first-order valence-corrected chi connectivity index (χ1v) is 20.9. The molecule has 0 spiro atoms. The number of nitrogens with zero attached hydrogens (tertiary/aromatic N) is 5. The van der Waals surface area contributed by atoms with Crippen LogP contribution in [-0.4, -0.2) is 60.4 Å². The van der Waals surface area contributed by atoms with Crippen LogP contribution in [0.15, 0.2) is 97.2 Å². The molecule has 0 saturated carbocycles. The van der Waals surface area contributed by atoms with E-state index in [-0.39, 0.29) is 45.3 Å². The molecule has 0 aliphatic heterocycles. The van der Waals surface area contributed by atoms with E-state index in [1.807, 2.05) is 24.1 Å². The summed E-state index contributed by atoms with van der Waals surface area (Å²) in [5.41, 5.74) is 10.3. The first-order chi connectivity index (χ1) is 27.9. The van der Waals surface area contributed by atoms with Gasteiger partial charge in [0.1, 0.15) is 9.79 Å². The summed E-state index contributed by atoms with van der Waals surface area (Å²) in [5, 5.41) is 5.43. The lowest BCUT2D eigenvalue weighted by molar-refractivity contribution is -0.120. The van der Waals surface area contributed by atoms with Crippen molar-refractivity contribution >= 4 is 88.8 Å². The van der Waals surface area contributed by atoms with Gasteiger partial charge < -0.3 is 15.8 Å². The molecule has 0 atom stereocenters. The third-order valence-electron chi connectivity index (χ3n) is 8.85. The maximum absolute atomic E-state index is 13.6. The predicted octanol–water partition coefficient (Wildman–Crippen LogP) is 3.44. The zero-order chi connectivity index (χ0) is 42.6. The van der Waals surface area contributed by atoms with Crippen LogP contribution in [0.1, 0.15) is 25.7 Å². The van der Waals surface area contributed by atoms with Gasteiger partial charge in [-0.2, -0.15) is 31.8 Å². The number of hydrogen-bond acceptors (Lipinski definition) is 16. The molecule has 23 heteroatoms. The van der Waals surface area contributed by atoms with Gasteiger partial charge in [0.25, 0.3) is 20.2 Å². The second-order valence-electron chi connectivity index (χ2n) is 12.9.